The van der Waals surface area contributed by atoms with Gasteiger partial charge in [0.05, 0.1) is 5.60 Å². The minimum atomic E-state index is -0.835. The van der Waals surface area contributed by atoms with Gasteiger partial charge in [0.1, 0.15) is 0 Å². The fourth-order valence-electron chi connectivity index (χ4n) is 3.67. The number of aryl methyl sites for hydroxylation is 1. The second kappa shape index (κ2) is 10.1. The topological polar surface area (TPSA) is 23.5 Å². The number of benzene rings is 2. The zero-order chi connectivity index (χ0) is 19.9. The summed E-state index contributed by atoms with van der Waals surface area (Å²) in [6.45, 7) is 5.03. The molecule has 2 atom stereocenters. The Balaban J connectivity index is 2.18. The fourth-order valence-corrected chi connectivity index (χ4v) is 3.80. The van der Waals surface area contributed by atoms with Crippen molar-refractivity contribution in [1.29, 1.82) is 0 Å². The average molecular weight is 386 g/mol. The highest BCUT2D eigenvalue weighted by molar-refractivity contribution is 6.30. The molecular weight excluding hydrogens is 354 g/mol. The summed E-state index contributed by atoms with van der Waals surface area (Å²) in [5.41, 5.74) is 2.56. The quantitative estimate of drug-likeness (QED) is 0.598. The smallest absolute Gasteiger partial charge is 0.0895 e. The van der Waals surface area contributed by atoms with E-state index in [0.717, 1.165) is 42.0 Å². The zero-order valence-corrected chi connectivity index (χ0v) is 17.7. The van der Waals surface area contributed by atoms with Crippen LogP contribution in [0.15, 0.2) is 60.2 Å². The maximum absolute atomic E-state index is 11.7. The minimum Gasteiger partial charge on any atom is -0.385 e. The molecule has 0 fully saturated rings. The van der Waals surface area contributed by atoms with Crippen LogP contribution in [0.5, 0.6) is 0 Å². The molecule has 0 saturated heterocycles. The van der Waals surface area contributed by atoms with Gasteiger partial charge in [0.25, 0.3) is 0 Å². The standard InChI is InChI=1S/C24H32ClNO/c1-19(17-22-12-14-23(25)15-13-22)24(27,20(2)18-26(3)4)16-8-11-21-9-6-5-7-10-21/h5-7,9-10,12-15,17,20,27H,8,11,16,18H2,1-4H3. The summed E-state index contributed by atoms with van der Waals surface area (Å²) < 4.78 is 0. The van der Waals surface area contributed by atoms with Gasteiger partial charge >= 0.3 is 0 Å². The van der Waals surface area contributed by atoms with E-state index in [1.54, 1.807) is 0 Å². The van der Waals surface area contributed by atoms with E-state index in [0.29, 0.717) is 0 Å². The third-order valence-electron chi connectivity index (χ3n) is 5.26. The Bertz CT molecular complexity index is 724. The van der Waals surface area contributed by atoms with Crippen LogP contribution in [0, 0.1) is 5.92 Å². The number of halogens is 1. The van der Waals surface area contributed by atoms with Crippen LogP contribution in [0.3, 0.4) is 0 Å². The van der Waals surface area contributed by atoms with E-state index in [9.17, 15) is 5.11 Å². The van der Waals surface area contributed by atoms with Crippen LogP contribution in [-0.4, -0.2) is 36.2 Å². The first-order valence-corrected chi connectivity index (χ1v) is 10.0. The van der Waals surface area contributed by atoms with Gasteiger partial charge in [-0.2, -0.15) is 0 Å². The Morgan fingerprint density at radius 1 is 1.11 bits per heavy atom. The molecule has 1 N–H and O–H groups in total. The van der Waals surface area contributed by atoms with Crippen molar-refractivity contribution in [2.45, 2.75) is 38.7 Å². The maximum Gasteiger partial charge on any atom is 0.0895 e. The lowest BCUT2D eigenvalue weighted by molar-refractivity contribution is 0.00550. The van der Waals surface area contributed by atoms with Crippen molar-refractivity contribution in [2.24, 2.45) is 5.92 Å². The zero-order valence-electron chi connectivity index (χ0n) is 17.0. The lowest BCUT2D eigenvalue weighted by Gasteiger charge is -2.37. The molecule has 2 rings (SSSR count). The van der Waals surface area contributed by atoms with Gasteiger partial charge in [0.2, 0.25) is 0 Å². The van der Waals surface area contributed by atoms with E-state index in [4.69, 9.17) is 11.6 Å². The summed E-state index contributed by atoms with van der Waals surface area (Å²) >= 11 is 6.00. The molecule has 146 valence electrons. The van der Waals surface area contributed by atoms with E-state index in [2.05, 4.69) is 56.3 Å². The first-order chi connectivity index (χ1) is 12.8. The van der Waals surface area contributed by atoms with Gasteiger partial charge in [-0.15, -0.1) is 0 Å². The lowest BCUT2D eigenvalue weighted by Crippen LogP contribution is -2.42. The Morgan fingerprint density at radius 2 is 1.74 bits per heavy atom. The molecule has 0 bridgehead atoms. The molecule has 2 aromatic carbocycles. The van der Waals surface area contributed by atoms with Crippen LogP contribution in [-0.2, 0) is 6.42 Å². The summed E-state index contributed by atoms with van der Waals surface area (Å²) in [4.78, 5) is 2.14. The van der Waals surface area contributed by atoms with Crippen LogP contribution in [0.1, 0.15) is 37.8 Å². The minimum absolute atomic E-state index is 0.131. The first kappa shape index (κ1) is 21.7. The third kappa shape index (κ3) is 6.49. The summed E-state index contributed by atoms with van der Waals surface area (Å²) in [5, 5.41) is 12.4. The highest BCUT2D eigenvalue weighted by atomic mass is 35.5. The molecule has 0 aromatic heterocycles. The molecule has 0 aliphatic heterocycles. The maximum atomic E-state index is 11.7. The summed E-state index contributed by atoms with van der Waals surface area (Å²) in [6, 6.07) is 18.2. The van der Waals surface area contributed by atoms with Crippen LogP contribution in [0.25, 0.3) is 6.08 Å². The van der Waals surface area contributed by atoms with Crippen LogP contribution < -0.4 is 0 Å². The Morgan fingerprint density at radius 3 is 2.33 bits per heavy atom. The van der Waals surface area contributed by atoms with E-state index < -0.39 is 5.60 Å². The van der Waals surface area contributed by atoms with Gasteiger partial charge in [0, 0.05) is 17.5 Å². The Kier molecular flexibility index (Phi) is 8.09. The van der Waals surface area contributed by atoms with Crippen molar-refractivity contribution in [2.75, 3.05) is 20.6 Å². The number of hydrogen-bond acceptors (Lipinski definition) is 2. The SMILES string of the molecule is CC(=Cc1ccc(Cl)cc1)C(O)(CCCc1ccccc1)C(C)CN(C)C. The van der Waals surface area contributed by atoms with Crippen LogP contribution >= 0.6 is 11.6 Å². The molecule has 2 aromatic rings. The van der Waals surface area contributed by atoms with Crippen molar-refractivity contribution in [3.63, 3.8) is 0 Å². The van der Waals surface area contributed by atoms with Crippen molar-refractivity contribution < 1.29 is 5.11 Å². The lowest BCUT2D eigenvalue weighted by atomic mass is 9.77. The molecule has 27 heavy (non-hydrogen) atoms. The van der Waals surface area contributed by atoms with Crippen molar-refractivity contribution in [3.05, 3.63) is 76.3 Å². The third-order valence-corrected chi connectivity index (χ3v) is 5.51. The summed E-state index contributed by atoms with van der Waals surface area (Å²) in [7, 11) is 4.11. The molecular formula is C24H32ClNO. The number of hydrogen-bond donors (Lipinski definition) is 1. The van der Waals surface area contributed by atoms with E-state index in [-0.39, 0.29) is 5.92 Å². The first-order valence-electron chi connectivity index (χ1n) is 9.66. The van der Waals surface area contributed by atoms with E-state index in [1.807, 2.05) is 37.3 Å². The van der Waals surface area contributed by atoms with Gasteiger partial charge in [-0.1, -0.05) is 67.1 Å². The van der Waals surface area contributed by atoms with Gasteiger partial charge < -0.3 is 10.0 Å². The monoisotopic (exact) mass is 385 g/mol. The van der Waals surface area contributed by atoms with Gasteiger partial charge in [-0.3, -0.25) is 0 Å². The number of aliphatic hydroxyl groups is 1. The van der Waals surface area contributed by atoms with Crippen LogP contribution in [0.4, 0.5) is 0 Å². The molecule has 0 aliphatic carbocycles. The van der Waals surface area contributed by atoms with Gasteiger partial charge in [-0.05, 0) is 69.1 Å². The molecule has 0 heterocycles. The van der Waals surface area contributed by atoms with Gasteiger partial charge in [0.15, 0.2) is 0 Å². The largest absolute Gasteiger partial charge is 0.385 e. The van der Waals surface area contributed by atoms with Crippen molar-refractivity contribution in [3.8, 4) is 0 Å². The van der Waals surface area contributed by atoms with Crippen LogP contribution in [0.2, 0.25) is 5.02 Å². The molecule has 0 spiro atoms. The predicted octanol–water partition coefficient (Wildman–Crippen LogP) is 5.70. The second-order valence-corrected chi connectivity index (χ2v) is 8.24. The second-order valence-electron chi connectivity index (χ2n) is 7.81. The molecule has 3 heteroatoms. The molecule has 0 amide bonds. The number of nitrogens with zero attached hydrogens (tertiary/aromatic N) is 1. The normalized spacial score (nSPS) is 15.6. The molecule has 0 saturated carbocycles. The predicted molar refractivity (Wildman–Crippen MR) is 117 cm³/mol. The molecule has 2 nitrogen and oxygen atoms in total. The highest BCUT2D eigenvalue weighted by Crippen LogP contribution is 2.33. The summed E-state index contributed by atoms with van der Waals surface area (Å²) in [5.74, 6) is 0.131. The molecule has 2 unspecified atom stereocenters. The average Bonchev–Trinajstić information content (AvgIpc) is 2.63. The summed E-state index contributed by atoms with van der Waals surface area (Å²) in [6.07, 6.45) is 4.76. The van der Waals surface area contributed by atoms with Crippen molar-refractivity contribution in [1.82, 2.24) is 4.90 Å². The van der Waals surface area contributed by atoms with E-state index in [1.165, 1.54) is 5.56 Å². The number of rotatable bonds is 9. The van der Waals surface area contributed by atoms with Gasteiger partial charge in [-0.25, -0.2) is 0 Å². The fraction of sp³-hybridized carbons (Fsp3) is 0.417. The highest BCUT2D eigenvalue weighted by Gasteiger charge is 2.35. The Labute approximate surface area is 169 Å². The molecule has 0 aliphatic rings. The Hall–Kier alpha value is -1.61. The van der Waals surface area contributed by atoms with Crippen molar-refractivity contribution >= 4 is 17.7 Å². The van der Waals surface area contributed by atoms with E-state index >= 15 is 0 Å². The molecule has 0 radical (unpaired) electrons.